The van der Waals surface area contributed by atoms with Gasteiger partial charge in [0.05, 0.1) is 11.5 Å². The molecule has 2 atom stereocenters. The average molecular weight is 396 g/mol. The Hall–Kier alpha value is -1.90. The van der Waals surface area contributed by atoms with Gasteiger partial charge >= 0.3 is 0 Å². The lowest BCUT2D eigenvalue weighted by atomic mass is 9.93. The van der Waals surface area contributed by atoms with Crippen LogP contribution in [0, 0.1) is 5.92 Å². The van der Waals surface area contributed by atoms with Crippen molar-refractivity contribution in [1.82, 2.24) is 15.3 Å². The molecule has 2 aliphatic heterocycles. The summed E-state index contributed by atoms with van der Waals surface area (Å²) in [4.78, 5) is 23.0. The molecule has 0 aliphatic carbocycles. The fourth-order valence-corrected chi connectivity index (χ4v) is 5.52. The van der Waals surface area contributed by atoms with Crippen LogP contribution in [0.15, 0.2) is 12.4 Å². The zero-order valence-corrected chi connectivity index (χ0v) is 16.7. The molecular weight excluding hydrogens is 366 g/mol. The van der Waals surface area contributed by atoms with Crippen molar-refractivity contribution in [3.8, 4) is 0 Å². The summed E-state index contributed by atoms with van der Waals surface area (Å²) in [6.07, 6.45) is 5.56. The largest absolute Gasteiger partial charge is 0.370 e. The van der Waals surface area contributed by atoms with E-state index < -0.39 is 9.84 Å². The fourth-order valence-electron chi connectivity index (χ4n) is 3.85. The van der Waals surface area contributed by atoms with Crippen LogP contribution in [-0.4, -0.2) is 61.5 Å². The zero-order chi connectivity index (χ0) is 19.3. The van der Waals surface area contributed by atoms with Gasteiger partial charge in [-0.2, -0.15) is 0 Å². The Balaban J connectivity index is 1.47. The molecule has 2 saturated heterocycles. The normalized spacial score (nSPS) is 24.6. The Labute approximate surface area is 161 Å². The summed E-state index contributed by atoms with van der Waals surface area (Å²) in [6.45, 7) is 4.69. The Morgan fingerprint density at radius 2 is 2.19 bits per heavy atom. The molecular formula is C18H29N5O3S. The third-order valence-corrected chi connectivity index (χ3v) is 7.00. The van der Waals surface area contributed by atoms with Crippen LogP contribution in [0.5, 0.6) is 0 Å². The Morgan fingerprint density at radius 3 is 2.93 bits per heavy atom. The minimum atomic E-state index is -2.96. The van der Waals surface area contributed by atoms with Gasteiger partial charge in [-0.3, -0.25) is 4.79 Å². The van der Waals surface area contributed by atoms with E-state index in [1.165, 1.54) is 0 Å². The van der Waals surface area contributed by atoms with Crippen molar-refractivity contribution in [1.29, 1.82) is 0 Å². The van der Waals surface area contributed by atoms with Crippen LogP contribution in [0.25, 0.3) is 0 Å². The highest BCUT2D eigenvalue weighted by atomic mass is 32.2. The van der Waals surface area contributed by atoms with Gasteiger partial charge in [0.15, 0.2) is 9.84 Å². The number of nitrogens with one attached hydrogen (secondary N) is 2. The topological polar surface area (TPSA) is 104 Å². The van der Waals surface area contributed by atoms with Gasteiger partial charge in [0.25, 0.3) is 0 Å². The van der Waals surface area contributed by atoms with Gasteiger partial charge in [0.2, 0.25) is 5.91 Å². The summed E-state index contributed by atoms with van der Waals surface area (Å²) in [6, 6.07) is 1.76. The highest BCUT2D eigenvalue weighted by Gasteiger charge is 2.29. The van der Waals surface area contributed by atoms with Crippen molar-refractivity contribution in [2.45, 2.75) is 45.1 Å². The molecule has 150 valence electrons. The second kappa shape index (κ2) is 8.86. The van der Waals surface area contributed by atoms with Crippen LogP contribution in [0.1, 0.15) is 39.0 Å². The van der Waals surface area contributed by atoms with E-state index in [0.717, 1.165) is 50.5 Å². The first kappa shape index (κ1) is 19.9. The summed E-state index contributed by atoms with van der Waals surface area (Å²) >= 11 is 0. The average Bonchev–Trinajstić information content (AvgIpc) is 2.99. The summed E-state index contributed by atoms with van der Waals surface area (Å²) in [7, 11) is -2.96. The molecule has 27 heavy (non-hydrogen) atoms. The van der Waals surface area contributed by atoms with Gasteiger partial charge in [-0.1, -0.05) is 0 Å². The lowest BCUT2D eigenvalue weighted by Gasteiger charge is -2.33. The second-order valence-electron chi connectivity index (χ2n) is 7.45. The van der Waals surface area contributed by atoms with E-state index in [1.807, 2.05) is 13.0 Å². The number of carbonyl (C=O) groups is 1. The number of piperidine rings is 1. The Bertz CT molecular complexity index is 755. The standard InChI is InChI=1S/C18H29N5O3S/c1-2-19-16-10-17(21-13-20-16)23-8-3-4-14(11-23)5-6-18(24)22-15-7-9-27(25,26)12-15/h10,13-15H,2-9,11-12H2,1H3,(H,22,24)(H,19,20,21)/t14-,15+/m0/s1. The van der Waals surface area contributed by atoms with E-state index in [1.54, 1.807) is 6.33 Å². The summed E-state index contributed by atoms with van der Waals surface area (Å²) < 4.78 is 23.0. The molecule has 2 N–H and O–H groups in total. The van der Waals surface area contributed by atoms with Gasteiger partial charge in [0, 0.05) is 38.2 Å². The molecule has 0 unspecified atom stereocenters. The van der Waals surface area contributed by atoms with Crippen molar-refractivity contribution in [3.63, 3.8) is 0 Å². The molecule has 0 bridgehead atoms. The molecule has 0 aromatic carbocycles. The molecule has 0 saturated carbocycles. The molecule has 2 aliphatic rings. The van der Waals surface area contributed by atoms with E-state index in [2.05, 4.69) is 25.5 Å². The lowest BCUT2D eigenvalue weighted by molar-refractivity contribution is -0.121. The first-order chi connectivity index (χ1) is 12.9. The van der Waals surface area contributed by atoms with E-state index in [0.29, 0.717) is 18.8 Å². The number of hydrogen-bond donors (Lipinski definition) is 2. The molecule has 1 amide bonds. The SMILES string of the molecule is CCNc1cc(N2CCC[C@@H](CCC(=O)N[C@@H]3CCS(=O)(=O)C3)C2)ncn1. The maximum absolute atomic E-state index is 12.2. The quantitative estimate of drug-likeness (QED) is 0.715. The van der Waals surface area contributed by atoms with Gasteiger partial charge in [0.1, 0.15) is 18.0 Å². The number of anilines is 2. The molecule has 9 heteroatoms. The van der Waals surface area contributed by atoms with Crippen LogP contribution in [-0.2, 0) is 14.6 Å². The van der Waals surface area contributed by atoms with Crippen LogP contribution in [0.4, 0.5) is 11.6 Å². The minimum absolute atomic E-state index is 0.0364. The van der Waals surface area contributed by atoms with Gasteiger partial charge in [-0.25, -0.2) is 18.4 Å². The number of aromatic nitrogens is 2. The molecule has 3 heterocycles. The number of hydrogen-bond acceptors (Lipinski definition) is 7. The molecule has 1 aromatic heterocycles. The first-order valence-corrected chi connectivity index (χ1v) is 11.6. The van der Waals surface area contributed by atoms with Crippen molar-refractivity contribution in [2.24, 2.45) is 5.92 Å². The van der Waals surface area contributed by atoms with Crippen LogP contribution in [0.2, 0.25) is 0 Å². The summed E-state index contributed by atoms with van der Waals surface area (Å²) in [5, 5.41) is 6.08. The Morgan fingerprint density at radius 1 is 1.33 bits per heavy atom. The Kier molecular flexibility index (Phi) is 6.51. The van der Waals surface area contributed by atoms with Gasteiger partial charge in [-0.05, 0) is 38.5 Å². The van der Waals surface area contributed by atoms with E-state index in [9.17, 15) is 13.2 Å². The van der Waals surface area contributed by atoms with Crippen molar-refractivity contribution in [2.75, 3.05) is 41.4 Å². The number of nitrogens with zero attached hydrogens (tertiary/aromatic N) is 3. The van der Waals surface area contributed by atoms with E-state index >= 15 is 0 Å². The summed E-state index contributed by atoms with van der Waals surface area (Å²) in [5.74, 6) is 2.42. The lowest BCUT2D eigenvalue weighted by Crippen LogP contribution is -2.38. The smallest absolute Gasteiger partial charge is 0.220 e. The molecule has 8 nitrogen and oxygen atoms in total. The van der Waals surface area contributed by atoms with E-state index in [-0.39, 0.29) is 23.5 Å². The third-order valence-electron chi connectivity index (χ3n) is 5.23. The highest BCUT2D eigenvalue weighted by Crippen LogP contribution is 2.25. The first-order valence-electron chi connectivity index (χ1n) is 9.76. The molecule has 3 rings (SSSR count). The predicted molar refractivity (Wildman–Crippen MR) is 106 cm³/mol. The van der Waals surface area contributed by atoms with Crippen LogP contribution < -0.4 is 15.5 Å². The molecule has 1 aromatic rings. The second-order valence-corrected chi connectivity index (χ2v) is 9.68. The van der Waals surface area contributed by atoms with Crippen LogP contribution in [0.3, 0.4) is 0 Å². The maximum Gasteiger partial charge on any atom is 0.220 e. The number of amides is 1. The number of carbonyl (C=O) groups excluding carboxylic acids is 1. The zero-order valence-electron chi connectivity index (χ0n) is 15.9. The van der Waals surface area contributed by atoms with Gasteiger partial charge in [-0.15, -0.1) is 0 Å². The number of rotatable bonds is 7. The van der Waals surface area contributed by atoms with Crippen molar-refractivity contribution < 1.29 is 13.2 Å². The molecule has 0 radical (unpaired) electrons. The summed E-state index contributed by atoms with van der Waals surface area (Å²) in [5.41, 5.74) is 0. The molecule has 0 spiro atoms. The minimum Gasteiger partial charge on any atom is -0.370 e. The molecule has 2 fully saturated rings. The van der Waals surface area contributed by atoms with E-state index in [4.69, 9.17) is 0 Å². The van der Waals surface area contributed by atoms with Gasteiger partial charge < -0.3 is 15.5 Å². The fraction of sp³-hybridized carbons (Fsp3) is 0.722. The number of sulfone groups is 1. The maximum atomic E-state index is 12.2. The van der Waals surface area contributed by atoms with Crippen molar-refractivity contribution >= 4 is 27.4 Å². The monoisotopic (exact) mass is 395 g/mol. The third kappa shape index (κ3) is 5.79. The highest BCUT2D eigenvalue weighted by molar-refractivity contribution is 7.91. The predicted octanol–water partition coefficient (Wildman–Crippen LogP) is 1.21. The van der Waals surface area contributed by atoms with Crippen molar-refractivity contribution in [3.05, 3.63) is 12.4 Å². The van der Waals surface area contributed by atoms with Crippen LogP contribution >= 0.6 is 0 Å².